The lowest BCUT2D eigenvalue weighted by atomic mass is 9.96. The van der Waals surface area contributed by atoms with Gasteiger partial charge in [-0.05, 0) is 12.1 Å². The van der Waals surface area contributed by atoms with Crippen molar-refractivity contribution >= 4 is 21.6 Å². The molecule has 3 heteroatoms. The van der Waals surface area contributed by atoms with E-state index in [0.717, 1.165) is 10.5 Å². The summed E-state index contributed by atoms with van der Waals surface area (Å²) in [5.41, 5.74) is 0.790. The largest absolute Gasteiger partial charge is 0.395 e. The van der Waals surface area contributed by atoms with E-state index in [2.05, 4.69) is 11.1 Å². The summed E-state index contributed by atoms with van der Waals surface area (Å²) >= 11 is 1.66. The van der Waals surface area contributed by atoms with E-state index in [1.165, 1.54) is 4.70 Å². The molecule has 0 unspecified atom stereocenters. The van der Waals surface area contributed by atoms with Gasteiger partial charge in [0, 0.05) is 5.41 Å². The number of fused-ring (bicyclic) bond motifs is 1. The molecule has 2 aromatic rings. The van der Waals surface area contributed by atoms with Gasteiger partial charge in [-0.25, -0.2) is 4.98 Å². The number of rotatable bonds is 2. The van der Waals surface area contributed by atoms with E-state index in [4.69, 9.17) is 0 Å². The van der Waals surface area contributed by atoms with Gasteiger partial charge in [0.2, 0.25) is 0 Å². The lowest BCUT2D eigenvalue weighted by Gasteiger charge is -2.17. The van der Waals surface area contributed by atoms with Gasteiger partial charge in [0.1, 0.15) is 5.01 Å². The molecule has 0 aliphatic rings. The molecule has 1 aromatic heterocycles. The molecule has 0 amide bonds. The molecular formula is C11H13NOS. The Kier molecular flexibility index (Phi) is 2.29. The Hall–Kier alpha value is -0.930. The van der Waals surface area contributed by atoms with Crippen molar-refractivity contribution in [1.82, 2.24) is 4.98 Å². The molecule has 74 valence electrons. The SMILES string of the molecule is CC(C)(CO)c1nc2ccccc2s1. The smallest absolute Gasteiger partial charge is 0.102 e. The molecule has 2 nitrogen and oxygen atoms in total. The van der Waals surface area contributed by atoms with E-state index in [1.54, 1.807) is 11.3 Å². The Balaban J connectivity index is 2.55. The Labute approximate surface area is 87.2 Å². The normalized spacial score (nSPS) is 12.2. The van der Waals surface area contributed by atoms with Crippen molar-refractivity contribution in [3.63, 3.8) is 0 Å². The van der Waals surface area contributed by atoms with Crippen LogP contribution in [0.2, 0.25) is 0 Å². The summed E-state index contributed by atoms with van der Waals surface area (Å²) in [6.45, 7) is 4.14. The van der Waals surface area contributed by atoms with Crippen LogP contribution in [0.3, 0.4) is 0 Å². The predicted octanol–water partition coefficient (Wildman–Crippen LogP) is 2.57. The van der Waals surface area contributed by atoms with Crippen molar-refractivity contribution in [2.45, 2.75) is 19.3 Å². The number of nitrogens with zero attached hydrogens (tertiary/aromatic N) is 1. The number of hydrogen-bond donors (Lipinski definition) is 1. The molecule has 0 saturated carbocycles. The maximum absolute atomic E-state index is 9.24. The first kappa shape index (κ1) is 9.62. The Morgan fingerprint density at radius 1 is 1.36 bits per heavy atom. The van der Waals surface area contributed by atoms with Crippen LogP contribution < -0.4 is 0 Å². The Morgan fingerprint density at radius 3 is 2.71 bits per heavy atom. The number of aliphatic hydroxyl groups excluding tert-OH is 1. The van der Waals surface area contributed by atoms with Gasteiger partial charge in [0.25, 0.3) is 0 Å². The fourth-order valence-electron chi connectivity index (χ4n) is 1.23. The number of thiazole rings is 1. The van der Waals surface area contributed by atoms with E-state index < -0.39 is 0 Å². The van der Waals surface area contributed by atoms with Crippen LogP contribution in [0, 0.1) is 0 Å². The molecule has 0 radical (unpaired) electrons. The second kappa shape index (κ2) is 3.33. The summed E-state index contributed by atoms with van der Waals surface area (Å²) < 4.78 is 1.18. The average molecular weight is 207 g/mol. The maximum atomic E-state index is 9.24. The first-order valence-corrected chi connectivity index (χ1v) is 5.42. The minimum atomic E-state index is -0.232. The fraction of sp³-hybridized carbons (Fsp3) is 0.364. The minimum absolute atomic E-state index is 0.132. The van der Waals surface area contributed by atoms with Crippen molar-refractivity contribution in [2.75, 3.05) is 6.61 Å². The molecule has 1 N–H and O–H groups in total. The number of hydrogen-bond acceptors (Lipinski definition) is 3. The topological polar surface area (TPSA) is 33.1 Å². The van der Waals surface area contributed by atoms with Crippen molar-refractivity contribution < 1.29 is 5.11 Å². The van der Waals surface area contributed by atoms with Gasteiger partial charge in [0.15, 0.2) is 0 Å². The third-order valence-electron chi connectivity index (χ3n) is 2.27. The third-order valence-corrected chi connectivity index (χ3v) is 3.67. The average Bonchev–Trinajstić information content (AvgIpc) is 2.61. The van der Waals surface area contributed by atoms with E-state index in [0.29, 0.717) is 0 Å². The van der Waals surface area contributed by atoms with Crippen LogP contribution in [0.15, 0.2) is 24.3 Å². The predicted molar refractivity (Wildman–Crippen MR) is 59.7 cm³/mol. The van der Waals surface area contributed by atoms with Crippen LogP contribution in [0.5, 0.6) is 0 Å². The molecule has 1 aromatic carbocycles. The van der Waals surface area contributed by atoms with E-state index in [9.17, 15) is 5.11 Å². The number of para-hydroxylation sites is 1. The molecule has 2 rings (SSSR count). The molecule has 0 aliphatic heterocycles. The quantitative estimate of drug-likeness (QED) is 0.821. The number of aromatic nitrogens is 1. The second-order valence-electron chi connectivity index (χ2n) is 4.03. The molecule has 0 bridgehead atoms. The van der Waals surface area contributed by atoms with Gasteiger partial charge >= 0.3 is 0 Å². The van der Waals surface area contributed by atoms with Crippen LogP contribution in [0.4, 0.5) is 0 Å². The van der Waals surface area contributed by atoms with Gasteiger partial charge < -0.3 is 5.11 Å². The zero-order valence-corrected chi connectivity index (χ0v) is 9.14. The maximum Gasteiger partial charge on any atom is 0.102 e. The molecule has 0 spiro atoms. The molecule has 14 heavy (non-hydrogen) atoms. The number of benzene rings is 1. The highest BCUT2D eigenvalue weighted by Crippen LogP contribution is 2.30. The number of aliphatic hydroxyl groups is 1. The zero-order valence-electron chi connectivity index (χ0n) is 8.32. The molecule has 0 aliphatic carbocycles. The first-order valence-electron chi connectivity index (χ1n) is 4.60. The molecular weight excluding hydrogens is 194 g/mol. The van der Waals surface area contributed by atoms with Crippen molar-refractivity contribution in [1.29, 1.82) is 0 Å². The van der Waals surface area contributed by atoms with E-state index in [-0.39, 0.29) is 12.0 Å². The van der Waals surface area contributed by atoms with Crippen molar-refractivity contribution in [2.24, 2.45) is 0 Å². The van der Waals surface area contributed by atoms with Gasteiger partial charge in [0.05, 0.1) is 16.8 Å². The Bertz CT molecular complexity index is 414. The van der Waals surface area contributed by atoms with Gasteiger partial charge in [-0.2, -0.15) is 0 Å². The molecule has 0 saturated heterocycles. The van der Waals surface area contributed by atoms with Crippen LogP contribution in [0.1, 0.15) is 18.9 Å². The first-order chi connectivity index (χ1) is 6.63. The van der Waals surface area contributed by atoms with Crippen LogP contribution in [-0.2, 0) is 5.41 Å². The van der Waals surface area contributed by atoms with E-state index in [1.807, 2.05) is 32.0 Å². The molecule has 0 atom stereocenters. The van der Waals surface area contributed by atoms with E-state index >= 15 is 0 Å². The summed E-state index contributed by atoms with van der Waals surface area (Å²) in [5, 5.41) is 10.2. The summed E-state index contributed by atoms with van der Waals surface area (Å²) in [7, 11) is 0. The standard InChI is InChI=1S/C11H13NOS/c1-11(2,7-13)10-12-8-5-3-4-6-9(8)14-10/h3-6,13H,7H2,1-2H3. The summed E-state index contributed by atoms with van der Waals surface area (Å²) in [6.07, 6.45) is 0. The summed E-state index contributed by atoms with van der Waals surface area (Å²) in [5.74, 6) is 0. The highest BCUT2D eigenvalue weighted by Gasteiger charge is 2.23. The summed E-state index contributed by atoms with van der Waals surface area (Å²) in [6, 6.07) is 8.06. The monoisotopic (exact) mass is 207 g/mol. The van der Waals surface area contributed by atoms with Gasteiger partial charge in [-0.3, -0.25) is 0 Å². The van der Waals surface area contributed by atoms with Crippen molar-refractivity contribution in [3.8, 4) is 0 Å². The minimum Gasteiger partial charge on any atom is -0.395 e. The van der Waals surface area contributed by atoms with Crippen molar-refractivity contribution in [3.05, 3.63) is 29.3 Å². The van der Waals surface area contributed by atoms with Crippen LogP contribution >= 0.6 is 11.3 Å². The lowest BCUT2D eigenvalue weighted by Crippen LogP contribution is -2.21. The second-order valence-corrected chi connectivity index (χ2v) is 5.06. The van der Waals surface area contributed by atoms with Crippen LogP contribution in [0.25, 0.3) is 10.2 Å². The lowest BCUT2D eigenvalue weighted by molar-refractivity contribution is 0.218. The van der Waals surface area contributed by atoms with Gasteiger partial charge in [-0.15, -0.1) is 11.3 Å². The highest BCUT2D eigenvalue weighted by molar-refractivity contribution is 7.18. The van der Waals surface area contributed by atoms with Gasteiger partial charge in [-0.1, -0.05) is 26.0 Å². The molecule has 0 fully saturated rings. The molecule has 1 heterocycles. The zero-order chi connectivity index (χ0) is 10.2. The van der Waals surface area contributed by atoms with Crippen LogP contribution in [-0.4, -0.2) is 16.7 Å². The highest BCUT2D eigenvalue weighted by atomic mass is 32.1. The summed E-state index contributed by atoms with van der Waals surface area (Å²) in [4.78, 5) is 4.51. The Morgan fingerprint density at radius 2 is 2.07 bits per heavy atom. The third kappa shape index (κ3) is 1.53. The fourth-order valence-corrected chi connectivity index (χ4v) is 2.29.